The van der Waals surface area contributed by atoms with Crippen LogP contribution in [0.25, 0.3) is 11.0 Å². The van der Waals surface area contributed by atoms with Gasteiger partial charge in [0, 0.05) is 18.4 Å². The molecule has 112 valence electrons. The van der Waals surface area contributed by atoms with Gasteiger partial charge in [0.1, 0.15) is 0 Å². The minimum Gasteiger partial charge on any atom is -0.310 e. The van der Waals surface area contributed by atoms with Gasteiger partial charge in [-0.05, 0) is 36.9 Å². The van der Waals surface area contributed by atoms with Crippen LogP contribution in [0.1, 0.15) is 57.1 Å². The summed E-state index contributed by atoms with van der Waals surface area (Å²) in [6, 6.07) is 6.80. The summed E-state index contributed by atoms with van der Waals surface area (Å²) < 4.78 is 0. The second-order valence-electron chi connectivity index (χ2n) is 6.16. The predicted octanol–water partition coefficient (Wildman–Crippen LogP) is 4.25. The van der Waals surface area contributed by atoms with Crippen LogP contribution in [0.5, 0.6) is 0 Å². The van der Waals surface area contributed by atoms with Crippen LogP contribution in [0.15, 0.2) is 30.6 Å². The number of rotatable bonds is 6. The number of nitrogens with one attached hydrogen (secondary N) is 1. The van der Waals surface area contributed by atoms with Crippen LogP contribution in [0.3, 0.4) is 0 Å². The van der Waals surface area contributed by atoms with E-state index < -0.39 is 0 Å². The van der Waals surface area contributed by atoms with Gasteiger partial charge in [-0.2, -0.15) is 0 Å². The lowest BCUT2D eigenvalue weighted by atomic mass is 9.92. The van der Waals surface area contributed by atoms with Crippen molar-refractivity contribution in [3.63, 3.8) is 0 Å². The smallest absolute Gasteiger partial charge is 0.0934 e. The average molecular weight is 283 g/mol. The lowest BCUT2D eigenvalue weighted by molar-refractivity contribution is 0.396. The van der Waals surface area contributed by atoms with Gasteiger partial charge in [0.15, 0.2) is 0 Å². The van der Waals surface area contributed by atoms with Crippen LogP contribution in [0, 0.1) is 5.92 Å². The molecule has 1 heterocycles. The minimum absolute atomic E-state index is 0.411. The molecule has 1 aromatic carbocycles. The van der Waals surface area contributed by atoms with Crippen molar-refractivity contribution < 1.29 is 0 Å². The molecule has 3 heteroatoms. The zero-order valence-corrected chi connectivity index (χ0v) is 12.9. The van der Waals surface area contributed by atoms with E-state index in [1.807, 2.05) is 0 Å². The second-order valence-corrected chi connectivity index (χ2v) is 6.16. The van der Waals surface area contributed by atoms with Gasteiger partial charge < -0.3 is 5.32 Å². The molecule has 1 saturated carbocycles. The molecule has 0 bridgehead atoms. The van der Waals surface area contributed by atoms with Crippen molar-refractivity contribution in [2.75, 3.05) is 6.54 Å². The first-order valence-corrected chi connectivity index (χ1v) is 8.31. The summed E-state index contributed by atoms with van der Waals surface area (Å²) in [5, 5.41) is 3.74. The van der Waals surface area contributed by atoms with Crippen LogP contribution in [-0.4, -0.2) is 16.5 Å². The Hall–Kier alpha value is -1.48. The molecule has 1 unspecified atom stereocenters. The fourth-order valence-corrected chi connectivity index (χ4v) is 3.51. The number of nitrogens with zero attached hydrogens (tertiary/aromatic N) is 2. The Morgan fingerprint density at radius 2 is 2.00 bits per heavy atom. The molecule has 0 aliphatic heterocycles. The molecule has 0 amide bonds. The first kappa shape index (κ1) is 14.5. The summed E-state index contributed by atoms with van der Waals surface area (Å²) in [6.07, 6.45) is 11.6. The molecule has 2 aromatic rings. The lowest BCUT2D eigenvalue weighted by Crippen LogP contribution is -2.24. The van der Waals surface area contributed by atoms with Gasteiger partial charge in [0.2, 0.25) is 0 Å². The first-order chi connectivity index (χ1) is 10.4. The molecule has 0 spiro atoms. The zero-order chi connectivity index (χ0) is 14.5. The van der Waals surface area contributed by atoms with Gasteiger partial charge in [-0.15, -0.1) is 0 Å². The van der Waals surface area contributed by atoms with Gasteiger partial charge >= 0.3 is 0 Å². The van der Waals surface area contributed by atoms with E-state index in [4.69, 9.17) is 0 Å². The number of aromatic nitrogens is 2. The maximum Gasteiger partial charge on any atom is 0.0934 e. The first-order valence-electron chi connectivity index (χ1n) is 8.31. The van der Waals surface area contributed by atoms with Gasteiger partial charge in [-0.1, -0.05) is 44.7 Å². The molecule has 0 radical (unpaired) electrons. The number of para-hydroxylation sites is 1. The van der Waals surface area contributed by atoms with Crippen molar-refractivity contribution in [2.45, 2.75) is 51.5 Å². The van der Waals surface area contributed by atoms with Crippen LogP contribution < -0.4 is 5.32 Å². The van der Waals surface area contributed by atoms with Gasteiger partial charge in [-0.25, -0.2) is 0 Å². The van der Waals surface area contributed by atoms with E-state index in [1.54, 1.807) is 12.4 Å². The van der Waals surface area contributed by atoms with Crippen LogP contribution in [0.2, 0.25) is 0 Å². The largest absolute Gasteiger partial charge is 0.310 e. The third-order valence-corrected chi connectivity index (χ3v) is 4.59. The minimum atomic E-state index is 0.411. The molecule has 1 aliphatic carbocycles. The third-order valence-electron chi connectivity index (χ3n) is 4.59. The van der Waals surface area contributed by atoms with Crippen molar-refractivity contribution in [3.05, 3.63) is 36.2 Å². The predicted molar refractivity (Wildman–Crippen MR) is 87.1 cm³/mol. The Bertz CT molecular complexity index is 570. The van der Waals surface area contributed by atoms with Crippen LogP contribution in [0.4, 0.5) is 0 Å². The molecular formula is C18H25N3. The standard InChI is InChI=1S/C18H25N3/c1-2-10-19-17(13-14-6-3-4-7-14)15-8-5-9-16-18(15)21-12-11-20-16/h5,8-9,11-12,14,17,19H,2-4,6-7,10,13H2,1H3. The van der Waals surface area contributed by atoms with E-state index in [0.717, 1.165) is 29.9 Å². The molecule has 1 fully saturated rings. The van der Waals surface area contributed by atoms with E-state index >= 15 is 0 Å². The lowest BCUT2D eigenvalue weighted by Gasteiger charge is -2.23. The summed E-state index contributed by atoms with van der Waals surface area (Å²) in [6.45, 7) is 3.29. The Kier molecular flexibility index (Phi) is 4.81. The molecule has 3 nitrogen and oxygen atoms in total. The third kappa shape index (κ3) is 3.41. The molecule has 1 atom stereocenters. The van der Waals surface area contributed by atoms with Crippen molar-refractivity contribution in [1.29, 1.82) is 0 Å². The fraction of sp³-hybridized carbons (Fsp3) is 0.556. The maximum absolute atomic E-state index is 4.58. The SMILES string of the molecule is CCCNC(CC1CCCC1)c1cccc2nccnc12. The highest BCUT2D eigenvalue weighted by Crippen LogP contribution is 2.34. The quantitative estimate of drug-likeness (QED) is 0.861. The summed E-state index contributed by atoms with van der Waals surface area (Å²) in [5.41, 5.74) is 3.39. The molecule has 0 saturated heterocycles. The molecule has 1 aromatic heterocycles. The highest BCUT2D eigenvalue weighted by molar-refractivity contribution is 5.78. The Balaban J connectivity index is 1.89. The van der Waals surface area contributed by atoms with E-state index in [2.05, 4.69) is 40.4 Å². The summed E-state index contributed by atoms with van der Waals surface area (Å²) in [5.74, 6) is 0.867. The number of benzene rings is 1. The second kappa shape index (κ2) is 6.99. The Labute approximate surface area is 127 Å². The molecule has 21 heavy (non-hydrogen) atoms. The molecule has 1 N–H and O–H groups in total. The van der Waals surface area contributed by atoms with Crippen molar-refractivity contribution in [2.24, 2.45) is 5.92 Å². The van der Waals surface area contributed by atoms with Gasteiger partial charge in [0.25, 0.3) is 0 Å². The topological polar surface area (TPSA) is 37.8 Å². The van der Waals surface area contributed by atoms with E-state index in [1.165, 1.54) is 37.7 Å². The summed E-state index contributed by atoms with van der Waals surface area (Å²) in [4.78, 5) is 9.03. The summed E-state index contributed by atoms with van der Waals surface area (Å²) >= 11 is 0. The fourth-order valence-electron chi connectivity index (χ4n) is 3.51. The zero-order valence-electron chi connectivity index (χ0n) is 12.9. The number of fused-ring (bicyclic) bond motifs is 1. The van der Waals surface area contributed by atoms with E-state index in [0.29, 0.717) is 6.04 Å². The van der Waals surface area contributed by atoms with Crippen LogP contribution >= 0.6 is 0 Å². The van der Waals surface area contributed by atoms with Crippen molar-refractivity contribution >= 4 is 11.0 Å². The Morgan fingerprint density at radius 1 is 1.19 bits per heavy atom. The van der Waals surface area contributed by atoms with Crippen molar-refractivity contribution in [3.8, 4) is 0 Å². The number of hydrogen-bond donors (Lipinski definition) is 1. The van der Waals surface area contributed by atoms with Crippen molar-refractivity contribution in [1.82, 2.24) is 15.3 Å². The van der Waals surface area contributed by atoms with E-state index in [-0.39, 0.29) is 0 Å². The molecule has 1 aliphatic rings. The highest BCUT2D eigenvalue weighted by Gasteiger charge is 2.22. The maximum atomic E-state index is 4.58. The number of hydrogen-bond acceptors (Lipinski definition) is 3. The molecule has 3 rings (SSSR count). The average Bonchev–Trinajstić information content (AvgIpc) is 3.04. The Morgan fingerprint density at radius 3 is 2.81 bits per heavy atom. The van der Waals surface area contributed by atoms with Crippen LogP contribution in [-0.2, 0) is 0 Å². The molecular weight excluding hydrogens is 258 g/mol. The van der Waals surface area contributed by atoms with Gasteiger partial charge in [0.05, 0.1) is 11.0 Å². The van der Waals surface area contributed by atoms with E-state index in [9.17, 15) is 0 Å². The highest BCUT2D eigenvalue weighted by atomic mass is 14.9. The summed E-state index contributed by atoms with van der Waals surface area (Å²) in [7, 11) is 0. The monoisotopic (exact) mass is 283 g/mol. The van der Waals surface area contributed by atoms with Gasteiger partial charge in [-0.3, -0.25) is 9.97 Å². The normalized spacial score (nSPS) is 17.4.